The zero-order valence-corrected chi connectivity index (χ0v) is 11.7. The monoisotopic (exact) mass is 277 g/mol. The summed E-state index contributed by atoms with van der Waals surface area (Å²) in [6.07, 6.45) is 1.73. The largest absolute Gasteiger partial charge is 0.456 e. The number of pyridine rings is 1. The van der Waals surface area contributed by atoms with Gasteiger partial charge in [0.15, 0.2) is 0 Å². The summed E-state index contributed by atoms with van der Waals surface area (Å²) in [5.74, 6) is 1.35. The molecule has 1 aromatic carbocycles. The van der Waals surface area contributed by atoms with E-state index < -0.39 is 6.10 Å². The van der Waals surface area contributed by atoms with Crippen LogP contribution in [0.3, 0.4) is 0 Å². The fourth-order valence-corrected chi connectivity index (χ4v) is 1.79. The van der Waals surface area contributed by atoms with E-state index in [0.29, 0.717) is 28.6 Å². The van der Waals surface area contributed by atoms with Gasteiger partial charge < -0.3 is 9.84 Å². The average molecular weight is 278 g/mol. The van der Waals surface area contributed by atoms with Crippen LogP contribution in [-0.2, 0) is 0 Å². The van der Waals surface area contributed by atoms with E-state index >= 15 is 0 Å². The predicted octanol–water partition coefficient (Wildman–Crippen LogP) is 4.28. The van der Waals surface area contributed by atoms with Crippen molar-refractivity contribution in [1.29, 1.82) is 0 Å². The Kier molecular flexibility index (Phi) is 4.40. The topological polar surface area (TPSA) is 42.4 Å². The number of benzene rings is 1. The molecule has 0 saturated carbocycles. The highest BCUT2D eigenvalue weighted by Crippen LogP contribution is 2.26. The SMILES string of the molecule is CC[C@H](O)c1ccc(Oc2ccc(Cl)c(C)c2)cn1. The van der Waals surface area contributed by atoms with Crippen LogP contribution in [0.25, 0.3) is 0 Å². The molecule has 1 heterocycles. The van der Waals surface area contributed by atoms with E-state index in [0.717, 1.165) is 5.56 Å². The van der Waals surface area contributed by atoms with Crippen molar-refractivity contribution in [3.05, 3.63) is 52.8 Å². The molecule has 1 aromatic heterocycles. The fraction of sp³-hybridized carbons (Fsp3) is 0.267. The second kappa shape index (κ2) is 6.04. The van der Waals surface area contributed by atoms with Crippen LogP contribution in [0.2, 0.25) is 5.02 Å². The van der Waals surface area contributed by atoms with Crippen molar-refractivity contribution < 1.29 is 9.84 Å². The summed E-state index contributed by atoms with van der Waals surface area (Å²) in [6, 6.07) is 9.05. The Balaban J connectivity index is 2.12. The molecule has 0 fully saturated rings. The molecule has 1 atom stereocenters. The van der Waals surface area contributed by atoms with Gasteiger partial charge in [0.25, 0.3) is 0 Å². The number of aryl methyl sites for hydroxylation is 1. The minimum atomic E-state index is -0.521. The first-order valence-corrected chi connectivity index (χ1v) is 6.56. The number of nitrogens with zero attached hydrogens (tertiary/aromatic N) is 1. The Hall–Kier alpha value is -1.58. The summed E-state index contributed by atoms with van der Waals surface area (Å²) < 4.78 is 5.68. The van der Waals surface area contributed by atoms with E-state index in [-0.39, 0.29) is 0 Å². The number of aromatic nitrogens is 1. The number of rotatable bonds is 4. The van der Waals surface area contributed by atoms with Gasteiger partial charge in [0, 0.05) is 5.02 Å². The van der Waals surface area contributed by atoms with Gasteiger partial charge in [-0.25, -0.2) is 0 Å². The Morgan fingerprint density at radius 1 is 1.26 bits per heavy atom. The van der Waals surface area contributed by atoms with Gasteiger partial charge in [0.1, 0.15) is 11.5 Å². The fourth-order valence-electron chi connectivity index (χ4n) is 1.68. The van der Waals surface area contributed by atoms with Crippen LogP contribution in [0.5, 0.6) is 11.5 Å². The summed E-state index contributed by atoms with van der Waals surface area (Å²) in [4.78, 5) is 4.18. The van der Waals surface area contributed by atoms with Gasteiger partial charge in [0.2, 0.25) is 0 Å². The smallest absolute Gasteiger partial charge is 0.145 e. The highest BCUT2D eigenvalue weighted by atomic mass is 35.5. The molecule has 100 valence electrons. The second-order valence-electron chi connectivity index (χ2n) is 4.36. The average Bonchev–Trinajstić information content (AvgIpc) is 2.43. The van der Waals surface area contributed by atoms with E-state index in [1.54, 1.807) is 24.4 Å². The summed E-state index contributed by atoms with van der Waals surface area (Å²) in [7, 11) is 0. The van der Waals surface area contributed by atoms with Gasteiger partial charge >= 0.3 is 0 Å². The van der Waals surface area contributed by atoms with Crippen molar-refractivity contribution in [2.45, 2.75) is 26.4 Å². The lowest BCUT2D eigenvalue weighted by molar-refractivity contribution is 0.169. The highest BCUT2D eigenvalue weighted by Gasteiger charge is 2.06. The molecule has 0 unspecified atom stereocenters. The molecule has 0 amide bonds. The Bertz CT molecular complexity index is 555. The number of aliphatic hydroxyl groups excluding tert-OH is 1. The summed E-state index contributed by atoms with van der Waals surface area (Å²) >= 11 is 5.96. The third-order valence-electron chi connectivity index (χ3n) is 2.85. The summed E-state index contributed by atoms with van der Waals surface area (Å²) in [5, 5.41) is 10.4. The minimum absolute atomic E-state index is 0.521. The molecule has 2 rings (SSSR count). The molecule has 0 bridgehead atoms. The van der Waals surface area contributed by atoms with Gasteiger partial charge in [-0.05, 0) is 49.2 Å². The van der Waals surface area contributed by atoms with Gasteiger partial charge in [-0.2, -0.15) is 0 Å². The molecule has 4 heteroatoms. The van der Waals surface area contributed by atoms with Gasteiger partial charge in [-0.3, -0.25) is 4.98 Å². The van der Waals surface area contributed by atoms with E-state index in [9.17, 15) is 5.11 Å². The van der Waals surface area contributed by atoms with Gasteiger partial charge in [0.05, 0.1) is 18.0 Å². The molecule has 0 radical (unpaired) electrons. The normalized spacial score (nSPS) is 12.2. The first kappa shape index (κ1) is 13.8. The molecule has 2 aromatic rings. The molecule has 0 aliphatic carbocycles. The molecular formula is C15H16ClNO2. The molecule has 1 N–H and O–H groups in total. The lowest BCUT2D eigenvalue weighted by atomic mass is 10.2. The minimum Gasteiger partial charge on any atom is -0.456 e. The van der Waals surface area contributed by atoms with Crippen molar-refractivity contribution in [2.24, 2.45) is 0 Å². The first-order chi connectivity index (χ1) is 9.10. The van der Waals surface area contributed by atoms with Crippen molar-refractivity contribution in [2.75, 3.05) is 0 Å². The van der Waals surface area contributed by atoms with Crippen molar-refractivity contribution in [1.82, 2.24) is 4.98 Å². The molecule has 0 aliphatic rings. The van der Waals surface area contributed by atoms with Crippen molar-refractivity contribution >= 4 is 11.6 Å². The maximum Gasteiger partial charge on any atom is 0.145 e. The lowest BCUT2D eigenvalue weighted by Gasteiger charge is -2.09. The molecule has 0 saturated heterocycles. The van der Waals surface area contributed by atoms with E-state index in [2.05, 4.69) is 4.98 Å². The number of hydrogen-bond acceptors (Lipinski definition) is 3. The Morgan fingerprint density at radius 2 is 2.00 bits per heavy atom. The number of aliphatic hydroxyl groups is 1. The van der Waals surface area contributed by atoms with Crippen molar-refractivity contribution in [3.8, 4) is 11.5 Å². The van der Waals surface area contributed by atoms with Crippen LogP contribution in [0.4, 0.5) is 0 Å². The van der Waals surface area contributed by atoms with Crippen LogP contribution in [-0.4, -0.2) is 10.1 Å². The third-order valence-corrected chi connectivity index (χ3v) is 3.28. The zero-order valence-electron chi connectivity index (χ0n) is 10.9. The molecule has 19 heavy (non-hydrogen) atoms. The van der Waals surface area contributed by atoms with E-state index in [1.807, 2.05) is 26.0 Å². The van der Waals surface area contributed by atoms with Crippen LogP contribution in [0, 0.1) is 6.92 Å². The summed E-state index contributed by atoms with van der Waals surface area (Å²) in [5.41, 5.74) is 1.62. The standard InChI is InChI=1S/C15H16ClNO2/c1-3-15(18)14-7-5-12(9-17-14)19-11-4-6-13(16)10(2)8-11/h4-9,15,18H,3H2,1-2H3/t15-/m0/s1. The maximum absolute atomic E-state index is 9.66. The maximum atomic E-state index is 9.66. The van der Waals surface area contributed by atoms with E-state index in [1.165, 1.54) is 0 Å². The van der Waals surface area contributed by atoms with Crippen LogP contribution >= 0.6 is 11.6 Å². The van der Waals surface area contributed by atoms with Crippen molar-refractivity contribution in [3.63, 3.8) is 0 Å². The van der Waals surface area contributed by atoms with Crippen LogP contribution in [0.15, 0.2) is 36.5 Å². The molecule has 0 aliphatic heterocycles. The third kappa shape index (κ3) is 3.46. The highest BCUT2D eigenvalue weighted by molar-refractivity contribution is 6.31. The molecular weight excluding hydrogens is 262 g/mol. The Labute approximate surface area is 117 Å². The van der Waals surface area contributed by atoms with Gasteiger partial charge in [-0.15, -0.1) is 0 Å². The Morgan fingerprint density at radius 3 is 2.58 bits per heavy atom. The predicted molar refractivity (Wildman–Crippen MR) is 75.8 cm³/mol. The second-order valence-corrected chi connectivity index (χ2v) is 4.76. The van der Waals surface area contributed by atoms with Gasteiger partial charge in [-0.1, -0.05) is 18.5 Å². The first-order valence-electron chi connectivity index (χ1n) is 6.18. The number of hydrogen-bond donors (Lipinski definition) is 1. The number of halogens is 1. The summed E-state index contributed by atoms with van der Waals surface area (Å²) in [6.45, 7) is 3.83. The van der Waals surface area contributed by atoms with E-state index in [4.69, 9.17) is 16.3 Å². The quantitative estimate of drug-likeness (QED) is 0.907. The van der Waals surface area contributed by atoms with Crippen LogP contribution in [0.1, 0.15) is 30.7 Å². The lowest BCUT2D eigenvalue weighted by Crippen LogP contribution is -1.98. The number of ether oxygens (including phenoxy) is 1. The molecule has 0 spiro atoms. The van der Waals surface area contributed by atoms with Crippen LogP contribution < -0.4 is 4.74 Å². The molecule has 3 nitrogen and oxygen atoms in total. The zero-order chi connectivity index (χ0) is 13.8.